The zero-order valence-corrected chi connectivity index (χ0v) is 35.6. The molecule has 7 nitrogen and oxygen atoms in total. The highest BCUT2D eigenvalue weighted by Gasteiger charge is 2.49. The molecule has 5 rings (SSSR count). The van der Waals surface area contributed by atoms with Gasteiger partial charge in [0, 0.05) is 16.1 Å². The molecule has 8 heteroatoms. The van der Waals surface area contributed by atoms with E-state index in [9.17, 15) is 0 Å². The summed E-state index contributed by atoms with van der Waals surface area (Å²) < 4.78 is 19.6. The third kappa shape index (κ3) is 12.5. The van der Waals surface area contributed by atoms with E-state index in [4.69, 9.17) is 37.1 Å². The first-order chi connectivity index (χ1) is 27.0. The summed E-state index contributed by atoms with van der Waals surface area (Å²) in [5, 5.41) is 1.57. The average molecular weight is 779 g/mol. The van der Waals surface area contributed by atoms with Gasteiger partial charge in [0.25, 0.3) is 0 Å². The lowest BCUT2D eigenvalue weighted by Crippen LogP contribution is -2.31. The predicted molar refractivity (Wildman–Crippen MR) is 234 cm³/mol. The van der Waals surface area contributed by atoms with Gasteiger partial charge in [0.2, 0.25) is 0 Å². The Kier molecular flexibility index (Phi) is 19.3. The van der Waals surface area contributed by atoms with Gasteiger partial charge < -0.3 is 37.1 Å². The Morgan fingerprint density at radius 2 is 0.945 bits per heavy atom. The first kappa shape index (κ1) is 44.1. The van der Waals surface area contributed by atoms with Crippen molar-refractivity contribution in [3.63, 3.8) is 0 Å². The molecule has 0 amide bonds. The van der Waals surface area contributed by atoms with Gasteiger partial charge >= 0.3 is 0 Å². The summed E-state index contributed by atoms with van der Waals surface area (Å²) in [4.78, 5) is 0. The lowest BCUT2D eigenvalue weighted by molar-refractivity contribution is 0.203. The second kappa shape index (κ2) is 24.1. The Morgan fingerprint density at radius 3 is 1.44 bits per heavy atom. The van der Waals surface area contributed by atoms with Crippen LogP contribution in [0.15, 0.2) is 24.3 Å². The monoisotopic (exact) mass is 779 g/mol. The number of hydrogen-bond donors (Lipinski definition) is 4. The molecular formula is C47H78N4O3S. The highest BCUT2D eigenvalue weighted by Crippen LogP contribution is 2.59. The van der Waals surface area contributed by atoms with E-state index in [-0.39, 0.29) is 0 Å². The van der Waals surface area contributed by atoms with Gasteiger partial charge in [0.1, 0.15) is 17.2 Å². The highest BCUT2D eigenvalue weighted by molar-refractivity contribution is 8.00. The van der Waals surface area contributed by atoms with Crippen LogP contribution in [0, 0.1) is 11.8 Å². The molecule has 1 saturated heterocycles. The fraction of sp³-hybridized carbons (Fsp3) is 0.745. The van der Waals surface area contributed by atoms with E-state index in [1.807, 2.05) is 0 Å². The largest absolute Gasteiger partial charge is 0.493 e. The number of thioether (sulfide) groups is 1. The number of rotatable bonds is 26. The second-order valence-electron chi connectivity index (χ2n) is 16.8. The van der Waals surface area contributed by atoms with Crippen molar-refractivity contribution in [2.24, 2.45) is 34.8 Å². The van der Waals surface area contributed by atoms with E-state index in [2.05, 4.69) is 49.9 Å². The molecule has 2 aromatic carbocycles. The standard InChI is InChI=1S/C47H78N4O3S/c1-3-5-7-14-36-28-37(31-43(52-25-11-22-49)39(36)15-8-6-4-2)34-17-19-46-41(29-34)42-30-35(18-20-47(42)55-46)38-32-44(53-26-12-23-50)40(16-9-10-21-48)45(33-38)54-27-13-24-51/h28,31-35,41-42,46-47H,3-27,29-30,48-51H2,1-2H3. The summed E-state index contributed by atoms with van der Waals surface area (Å²) in [6.07, 6.45) is 23.1. The quantitative estimate of drug-likeness (QED) is 0.0695. The fourth-order valence-corrected chi connectivity index (χ4v) is 11.8. The molecule has 0 spiro atoms. The van der Waals surface area contributed by atoms with Crippen molar-refractivity contribution in [1.29, 1.82) is 0 Å². The molecule has 2 aliphatic carbocycles. The second-order valence-corrected chi connectivity index (χ2v) is 18.3. The van der Waals surface area contributed by atoms with Crippen LogP contribution < -0.4 is 37.1 Å². The van der Waals surface area contributed by atoms with Crippen LogP contribution in [-0.2, 0) is 19.3 Å². The SMILES string of the molecule is CCCCCc1cc(C2CCC3SC4CCC(c5cc(OCCCN)c(CCCCN)c(OCCCN)c5)CC4C3C2)cc(OCCCN)c1CCCCC. The molecule has 2 saturated carbocycles. The first-order valence-corrected chi connectivity index (χ1v) is 23.7. The van der Waals surface area contributed by atoms with Gasteiger partial charge in [-0.1, -0.05) is 45.6 Å². The summed E-state index contributed by atoms with van der Waals surface area (Å²) in [6, 6.07) is 9.84. The Bertz CT molecular complexity index is 1240. The van der Waals surface area contributed by atoms with E-state index in [0.717, 1.165) is 84.5 Å². The third-order valence-electron chi connectivity index (χ3n) is 12.8. The summed E-state index contributed by atoms with van der Waals surface area (Å²) >= 11 is 2.35. The highest BCUT2D eigenvalue weighted by atomic mass is 32.2. The van der Waals surface area contributed by atoms with Gasteiger partial charge in [0.15, 0.2) is 0 Å². The Hall–Kier alpha value is -1.97. The fourth-order valence-electron chi connectivity index (χ4n) is 9.76. The van der Waals surface area contributed by atoms with Gasteiger partial charge in [-0.05, 0) is 193 Å². The number of hydrogen-bond acceptors (Lipinski definition) is 8. The molecule has 6 atom stereocenters. The van der Waals surface area contributed by atoms with Crippen LogP contribution in [0.4, 0.5) is 0 Å². The molecule has 2 aromatic rings. The van der Waals surface area contributed by atoms with Gasteiger partial charge in [-0.25, -0.2) is 0 Å². The maximum absolute atomic E-state index is 6.62. The molecule has 55 heavy (non-hydrogen) atoms. The van der Waals surface area contributed by atoms with Crippen LogP contribution in [-0.4, -0.2) is 56.5 Å². The zero-order valence-electron chi connectivity index (χ0n) is 34.8. The Morgan fingerprint density at radius 1 is 0.509 bits per heavy atom. The Balaban J connectivity index is 1.39. The van der Waals surface area contributed by atoms with Crippen molar-refractivity contribution >= 4 is 11.8 Å². The van der Waals surface area contributed by atoms with E-state index in [0.29, 0.717) is 57.8 Å². The van der Waals surface area contributed by atoms with E-state index in [1.54, 1.807) is 5.56 Å². The average Bonchev–Trinajstić information content (AvgIpc) is 3.57. The molecule has 8 N–H and O–H groups in total. The van der Waals surface area contributed by atoms with E-state index >= 15 is 0 Å². The van der Waals surface area contributed by atoms with Crippen LogP contribution in [0.2, 0.25) is 0 Å². The molecule has 3 fully saturated rings. The molecule has 6 unspecified atom stereocenters. The van der Waals surface area contributed by atoms with E-state index < -0.39 is 0 Å². The third-order valence-corrected chi connectivity index (χ3v) is 14.7. The summed E-state index contributed by atoms with van der Waals surface area (Å²) in [6.45, 7) is 9.20. The molecule has 1 heterocycles. The van der Waals surface area contributed by atoms with Gasteiger partial charge in [0.05, 0.1) is 19.8 Å². The molecule has 0 aromatic heterocycles. The number of ether oxygens (including phenoxy) is 3. The van der Waals surface area contributed by atoms with Crippen molar-refractivity contribution in [2.45, 2.75) is 165 Å². The molecule has 310 valence electrons. The van der Waals surface area contributed by atoms with Crippen molar-refractivity contribution in [2.75, 3.05) is 46.0 Å². The molecule has 0 radical (unpaired) electrons. The number of benzene rings is 2. The van der Waals surface area contributed by atoms with Gasteiger partial charge in [-0.15, -0.1) is 0 Å². The lowest BCUT2D eigenvalue weighted by atomic mass is 9.66. The number of fused-ring (bicyclic) bond motifs is 3. The minimum atomic E-state index is 0.517. The number of nitrogens with two attached hydrogens (primary N) is 4. The van der Waals surface area contributed by atoms with Crippen molar-refractivity contribution in [3.8, 4) is 17.2 Å². The van der Waals surface area contributed by atoms with Crippen molar-refractivity contribution in [3.05, 3.63) is 52.1 Å². The van der Waals surface area contributed by atoms with Crippen molar-refractivity contribution < 1.29 is 14.2 Å². The normalized spacial score (nSPS) is 23.4. The zero-order chi connectivity index (χ0) is 38.8. The van der Waals surface area contributed by atoms with Crippen LogP contribution in [0.5, 0.6) is 17.2 Å². The summed E-state index contributed by atoms with van der Waals surface area (Å²) in [5.41, 5.74) is 30.7. The van der Waals surface area contributed by atoms with Crippen molar-refractivity contribution in [1.82, 2.24) is 0 Å². The molecular weight excluding hydrogens is 701 g/mol. The van der Waals surface area contributed by atoms with Gasteiger partial charge in [-0.3, -0.25) is 0 Å². The van der Waals surface area contributed by atoms with Gasteiger partial charge in [-0.2, -0.15) is 11.8 Å². The molecule has 3 aliphatic rings. The maximum atomic E-state index is 6.62. The first-order valence-electron chi connectivity index (χ1n) is 22.7. The maximum Gasteiger partial charge on any atom is 0.126 e. The lowest BCUT2D eigenvalue weighted by Gasteiger charge is -2.38. The number of unbranched alkanes of at least 4 members (excludes halogenated alkanes) is 5. The van der Waals surface area contributed by atoms with Crippen LogP contribution in [0.25, 0.3) is 0 Å². The Labute approximate surface area is 339 Å². The topological polar surface area (TPSA) is 132 Å². The smallest absolute Gasteiger partial charge is 0.126 e. The predicted octanol–water partition coefficient (Wildman–Crippen LogP) is 9.57. The number of aryl methyl sites for hydroxylation is 1. The minimum absolute atomic E-state index is 0.517. The van der Waals surface area contributed by atoms with Crippen LogP contribution in [0.3, 0.4) is 0 Å². The summed E-state index contributed by atoms with van der Waals surface area (Å²) in [7, 11) is 0. The van der Waals surface area contributed by atoms with E-state index in [1.165, 1.54) is 106 Å². The van der Waals surface area contributed by atoms with Crippen LogP contribution >= 0.6 is 11.8 Å². The molecule has 0 bridgehead atoms. The minimum Gasteiger partial charge on any atom is -0.493 e. The summed E-state index contributed by atoms with van der Waals surface area (Å²) in [5.74, 6) is 5.77. The molecule has 1 aliphatic heterocycles. The van der Waals surface area contributed by atoms with Crippen LogP contribution in [0.1, 0.15) is 163 Å².